The lowest BCUT2D eigenvalue weighted by atomic mass is 10.2. The number of aromatic amines is 1. The molecule has 2 aromatic rings. The van der Waals surface area contributed by atoms with Crippen molar-refractivity contribution in [1.29, 1.82) is 5.26 Å². The Morgan fingerprint density at radius 3 is 3.19 bits per heavy atom. The van der Waals surface area contributed by atoms with Gasteiger partial charge in [0.15, 0.2) is 0 Å². The highest BCUT2D eigenvalue weighted by atomic mass is 35.5. The van der Waals surface area contributed by atoms with E-state index in [1.807, 2.05) is 0 Å². The SMILES string of the molecule is N#CCC(=O)Nc1cc(Cl)c2cn[nH]c2c1. The van der Waals surface area contributed by atoms with E-state index >= 15 is 0 Å². The number of nitrogens with one attached hydrogen (secondary N) is 2. The van der Waals surface area contributed by atoms with Crippen LogP contribution in [0.2, 0.25) is 5.02 Å². The average molecular weight is 235 g/mol. The van der Waals surface area contributed by atoms with Crippen molar-refractivity contribution in [3.8, 4) is 6.07 Å². The average Bonchev–Trinajstić information content (AvgIpc) is 2.66. The smallest absolute Gasteiger partial charge is 0.238 e. The standard InChI is InChI=1S/C10H7ClN4O/c11-8-3-6(14-10(16)1-2-12)4-9-7(8)5-13-15-9/h3-5H,1H2,(H,13,15)(H,14,16). The lowest BCUT2D eigenvalue weighted by Crippen LogP contribution is -2.09. The summed E-state index contributed by atoms with van der Waals surface area (Å²) in [5.74, 6) is -0.363. The Balaban J connectivity index is 2.32. The first kappa shape index (κ1) is 10.5. The van der Waals surface area contributed by atoms with Gasteiger partial charge >= 0.3 is 0 Å². The molecule has 0 aliphatic carbocycles. The maximum absolute atomic E-state index is 11.2. The molecule has 0 bridgehead atoms. The number of nitriles is 1. The summed E-state index contributed by atoms with van der Waals surface area (Å²) < 4.78 is 0. The first-order valence-corrected chi connectivity index (χ1v) is 4.88. The highest BCUT2D eigenvalue weighted by Gasteiger charge is 2.06. The Hall–Kier alpha value is -2.06. The zero-order valence-corrected chi connectivity index (χ0v) is 8.88. The molecule has 1 amide bonds. The molecule has 0 aliphatic heterocycles. The molecule has 0 saturated heterocycles. The number of amides is 1. The van der Waals surface area contributed by atoms with Gasteiger partial charge in [0, 0.05) is 11.1 Å². The van der Waals surface area contributed by atoms with Gasteiger partial charge in [-0.15, -0.1) is 0 Å². The van der Waals surface area contributed by atoms with Gasteiger partial charge in [-0.25, -0.2) is 0 Å². The van der Waals surface area contributed by atoms with Crippen molar-refractivity contribution in [1.82, 2.24) is 10.2 Å². The third-order valence-corrected chi connectivity index (χ3v) is 2.34. The van der Waals surface area contributed by atoms with Crippen LogP contribution >= 0.6 is 11.6 Å². The summed E-state index contributed by atoms with van der Waals surface area (Å²) in [6.07, 6.45) is 1.43. The summed E-state index contributed by atoms with van der Waals surface area (Å²) in [7, 11) is 0. The summed E-state index contributed by atoms with van der Waals surface area (Å²) >= 11 is 5.99. The van der Waals surface area contributed by atoms with E-state index in [-0.39, 0.29) is 12.3 Å². The number of halogens is 1. The summed E-state index contributed by atoms with van der Waals surface area (Å²) in [5.41, 5.74) is 1.28. The highest BCUT2D eigenvalue weighted by Crippen LogP contribution is 2.26. The van der Waals surface area contributed by atoms with Gasteiger partial charge in [-0.2, -0.15) is 10.4 Å². The second-order valence-electron chi connectivity index (χ2n) is 3.17. The van der Waals surface area contributed by atoms with Gasteiger partial charge in [0.05, 0.1) is 22.8 Å². The van der Waals surface area contributed by atoms with Gasteiger partial charge in [-0.1, -0.05) is 11.6 Å². The fourth-order valence-electron chi connectivity index (χ4n) is 1.36. The van der Waals surface area contributed by atoms with Crippen molar-refractivity contribution in [3.05, 3.63) is 23.4 Å². The zero-order chi connectivity index (χ0) is 11.5. The molecule has 0 aliphatic rings. The molecule has 1 aromatic carbocycles. The molecule has 0 fully saturated rings. The van der Waals surface area contributed by atoms with Crippen molar-refractivity contribution in [2.24, 2.45) is 0 Å². The molecule has 2 rings (SSSR count). The number of carbonyl (C=O) groups excluding carboxylic acids is 1. The monoisotopic (exact) mass is 234 g/mol. The fourth-order valence-corrected chi connectivity index (χ4v) is 1.63. The number of carbonyl (C=O) groups is 1. The second-order valence-corrected chi connectivity index (χ2v) is 3.58. The number of benzene rings is 1. The number of aromatic nitrogens is 2. The number of H-pyrrole nitrogens is 1. The summed E-state index contributed by atoms with van der Waals surface area (Å²) in [4.78, 5) is 11.2. The van der Waals surface area contributed by atoms with E-state index < -0.39 is 0 Å². The lowest BCUT2D eigenvalue weighted by Gasteiger charge is -2.03. The normalized spacial score (nSPS) is 10.0. The predicted octanol–water partition coefficient (Wildman–Crippen LogP) is 2.07. The Morgan fingerprint density at radius 1 is 1.62 bits per heavy atom. The van der Waals surface area contributed by atoms with Gasteiger partial charge in [-0.3, -0.25) is 9.89 Å². The van der Waals surface area contributed by atoms with Crippen molar-refractivity contribution < 1.29 is 4.79 Å². The maximum atomic E-state index is 11.2. The van der Waals surface area contributed by atoms with Crippen molar-refractivity contribution in [3.63, 3.8) is 0 Å². The summed E-state index contributed by atoms with van der Waals surface area (Å²) in [6.45, 7) is 0. The molecule has 0 saturated carbocycles. The molecule has 0 atom stereocenters. The van der Waals surface area contributed by atoms with E-state index in [9.17, 15) is 4.79 Å². The van der Waals surface area contributed by atoms with Crippen LogP contribution in [0.1, 0.15) is 6.42 Å². The predicted molar refractivity (Wildman–Crippen MR) is 60.0 cm³/mol. The Morgan fingerprint density at radius 2 is 2.44 bits per heavy atom. The number of fused-ring (bicyclic) bond motifs is 1. The van der Waals surface area contributed by atoms with Gasteiger partial charge in [-0.05, 0) is 12.1 Å². The molecular formula is C10H7ClN4O. The largest absolute Gasteiger partial charge is 0.325 e. The van der Waals surface area contributed by atoms with Gasteiger partial charge in [0.25, 0.3) is 0 Å². The van der Waals surface area contributed by atoms with Crippen LogP contribution in [0.3, 0.4) is 0 Å². The van der Waals surface area contributed by atoms with Crippen LogP contribution < -0.4 is 5.32 Å². The fraction of sp³-hybridized carbons (Fsp3) is 0.100. The van der Waals surface area contributed by atoms with Crippen LogP contribution in [0.25, 0.3) is 10.9 Å². The number of hydrogen-bond donors (Lipinski definition) is 2. The first-order valence-electron chi connectivity index (χ1n) is 4.50. The summed E-state index contributed by atoms with van der Waals surface area (Å²) in [5, 5.41) is 18.8. The second kappa shape index (κ2) is 4.21. The van der Waals surface area contributed by atoms with Crippen LogP contribution in [-0.2, 0) is 4.79 Å². The van der Waals surface area contributed by atoms with E-state index in [0.29, 0.717) is 10.7 Å². The minimum Gasteiger partial charge on any atom is -0.325 e. The molecule has 0 spiro atoms. The van der Waals surface area contributed by atoms with Crippen LogP contribution in [-0.4, -0.2) is 16.1 Å². The van der Waals surface area contributed by atoms with Gasteiger partial charge in [0.1, 0.15) is 6.42 Å². The topological polar surface area (TPSA) is 81.6 Å². The summed E-state index contributed by atoms with van der Waals surface area (Å²) in [6, 6.07) is 5.10. The zero-order valence-electron chi connectivity index (χ0n) is 8.12. The molecule has 16 heavy (non-hydrogen) atoms. The quantitative estimate of drug-likeness (QED) is 0.835. The molecule has 80 valence electrons. The molecule has 1 aromatic heterocycles. The maximum Gasteiger partial charge on any atom is 0.238 e. The van der Waals surface area contributed by atoms with Crippen molar-refractivity contribution in [2.45, 2.75) is 6.42 Å². The van der Waals surface area contributed by atoms with Crippen molar-refractivity contribution >= 4 is 34.1 Å². The third-order valence-electron chi connectivity index (χ3n) is 2.03. The van der Waals surface area contributed by atoms with E-state index in [2.05, 4.69) is 15.5 Å². The van der Waals surface area contributed by atoms with Crippen LogP contribution in [0, 0.1) is 11.3 Å². The molecule has 2 N–H and O–H groups in total. The molecule has 0 unspecified atom stereocenters. The van der Waals surface area contributed by atoms with E-state index in [1.165, 1.54) is 0 Å². The molecule has 5 nitrogen and oxygen atoms in total. The Bertz CT molecular complexity index is 584. The lowest BCUT2D eigenvalue weighted by molar-refractivity contribution is -0.115. The van der Waals surface area contributed by atoms with Gasteiger partial charge < -0.3 is 5.32 Å². The van der Waals surface area contributed by atoms with Crippen LogP contribution in [0.15, 0.2) is 18.3 Å². The number of anilines is 1. The number of hydrogen-bond acceptors (Lipinski definition) is 3. The van der Waals surface area contributed by atoms with E-state index in [0.717, 1.165) is 10.9 Å². The van der Waals surface area contributed by atoms with E-state index in [1.54, 1.807) is 24.4 Å². The first-order chi connectivity index (χ1) is 7.70. The molecule has 6 heteroatoms. The van der Waals surface area contributed by atoms with Crippen molar-refractivity contribution in [2.75, 3.05) is 5.32 Å². The minimum atomic E-state index is -0.363. The highest BCUT2D eigenvalue weighted by molar-refractivity contribution is 6.35. The van der Waals surface area contributed by atoms with Crippen LogP contribution in [0.5, 0.6) is 0 Å². The molecule has 1 heterocycles. The Labute approximate surface area is 96.0 Å². The number of nitrogens with zero attached hydrogens (tertiary/aromatic N) is 2. The Kier molecular flexibility index (Phi) is 2.75. The third kappa shape index (κ3) is 1.97. The molecular weight excluding hydrogens is 228 g/mol. The van der Waals surface area contributed by atoms with Gasteiger partial charge in [0.2, 0.25) is 5.91 Å². The minimum absolute atomic E-state index is 0.182. The number of rotatable bonds is 2. The molecule has 0 radical (unpaired) electrons. The van der Waals surface area contributed by atoms with E-state index in [4.69, 9.17) is 16.9 Å². The van der Waals surface area contributed by atoms with Crippen LogP contribution in [0.4, 0.5) is 5.69 Å².